The van der Waals surface area contributed by atoms with Crippen molar-refractivity contribution in [3.63, 3.8) is 0 Å². The largest absolute Gasteiger partial charge is 0.355 e. The Labute approximate surface area is 164 Å². The fraction of sp³-hybridized carbons (Fsp3) is 0.609. The molecule has 2 aliphatic rings. The lowest BCUT2D eigenvalue weighted by Crippen LogP contribution is -2.46. The van der Waals surface area contributed by atoms with Crippen LogP contribution in [0.4, 0.5) is 0 Å². The molecule has 4 heteroatoms. The summed E-state index contributed by atoms with van der Waals surface area (Å²) in [5.41, 5.74) is 2.73. The van der Waals surface area contributed by atoms with Gasteiger partial charge in [0.2, 0.25) is 5.91 Å². The maximum atomic E-state index is 12.8. The molecule has 2 saturated heterocycles. The van der Waals surface area contributed by atoms with Gasteiger partial charge in [0, 0.05) is 32.7 Å². The molecular weight excluding hydrogens is 334 g/mol. The standard InChI is InChI=1S/C23H35N3O/c1-3-12-26-17-21(20-9-7-19(4-2)8-10-20)16-22(18-26)23(27)24-11-15-25-13-5-6-14-25/h3,7-10,21-22H,1,4-6,11-18H2,2H3,(H,24,27). The van der Waals surface area contributed by atoms with E-state index in [2.05, 4.69) is 52.9 Å². The molecule has 0 aromatic heterocycles. The number of likely N-dealkylation sites (tertiary alicyclic amines) is 2. The topological polar surface area (TPSA) is 35.6 Å². The molecule has 3 rings (SSSR count). The molecule has 0 saturated carbocycles. The van der Waals surface area contributed by atoms with E-state index < -0.39 is 0 Å². The SMILES string of the molecule is C=CCN1CC(C(=O)NCCN2CCCC2)CC(c2ccc(CC)cc2)C1. The van der Waals surface area contributed by atoms with E-state index in [0.717, 1.165) is 45.6 Å². The zero-order valence-corrected chi connectivity index (χ0v) is 16.8. The summed E-state index contributed by atoms with van der Waals surface area (Å²) in [4.78, 5) is 17.6. The summed E-state index contributed by atoms with van der Waals surface area (Å²) in [6.07, 6.45) is 6.55. The number of carbonyl (C=O) groups excluding carboxylic acids is 1. The minimum Gasteiger partial charge on any atom is -0.355 e. The molecule has 1 amide bonds. The Morgan fingerprint density at radius 2 is 1.93 bits per heavy atom. The van der Waals surface area contributed by atoms with E-state index in [-0.39, 0.29) is 11.8 Å². The van der Waals surface area contributed by atoms with Gasteiger partial charge in [0.25, 0.3) is 0 Å². The van der Waals surface area contributed by atoms with Crippen LogP contribution in [-0.4, -0.2) is 61.5 Å². The molecule has 1 aromatic carbocycles. The van der Waals surface area contributed by atoms with Gasteiger partial charge < -0.3 is 10.2 Å². The quantitative estimate of drug-likeness (QED) is 0.716. The predicted octanol–water partition coefficient (Wildman–Crippen LogP) is 3.05. The molecule has 27 heavy (non-hydrogen) atoms. The number of nitrogens with zero attached hydrogens (tertiary/aromatic N) is 2. The number of hydrogen-bond acceptors (Lipinski definition) is 3. The highest BCUT2D eigenvalue weighted by atomic mass is 16.1. The van der Waals surface area contributed by atoms with Crippen molar-refractivity contribution in [1.29, 1.82) is 0 Å². The molecule has 2 aliphatic heterocycles. The molecule has 1 N–H and O–H groups in total. The van der Waals surface area contributed by atoms with Gasteiger partial charge in [-0.05, 0) is 55.8 Å². The normalized spacial score (nSPS) is 24.0. The fourth-order valence-corrected chi connectivity index (χ4v) is 4.47. The summed E-state index contributed by atoms with van der Waals surface area (Å²) < 4.78 is 0. The zero-order valence-electron chi connectivity index (χ0n) is 16.8. The van der Waals surface area contributed by atoms with Crippen LogP contribution in [0.3, 0.4) is 0 Å². The molecule has 0 spiro atoms. The highest BCUT2D eigenvalue weighted by Crippen LogP contribution is 2.30. The van der Waals surface area contributed by atoms with Gasteiger partial charge in [-0.1, -0.05) is 37.3 Å². The van der Waals surface area contributed by atoms with E-state index in [1.54, 1.807) is 0 Å². The third-order valence-corrected chi connectivity index (χ3v) is 6.07. The number of aryl methyl sites for hydroxylation is 1. The summed E-state index contributed by atoms with van der Waals surface area (Å²) in [5, 5.41) is 3.20. The van der Waals surface area contributed by atoms with E-state index >= 15 is 0 Å². The molecule has 2 atom stereocenters. The minimum atomic E-state index is 0.0631. The maximum Gasteiger partial charge on any atom is 0.224 e. The lowest BCUT2D eigenvalue weighted by molar-refractivity contribution is -0.126. The second kappa shape index (κ2) is 10.0. The lowest BCUT2D eigenvalue weighted by atomic mass is 9.83. The van der Waals surface area contributed by atoms with Crippen molar-refractivity contribution in [2.75, 3.05) is 45.8 Å². The van der Waals surface area contributed by atoms with Gasteiger partial charge in [0.05, 0.1) is 5.92 Å². The number of benzene rings is 1. The molecule has 2 unspecified atom stereocenters. The summed E-state index contributed by atoms with van der Waals surface area (Å²) in [6.45, 7) is 12.9. The smallest absolute Gasteiger partial charge is 0.224 e. The number of carbonyl (C=O) groups is 1. The van der Waals surface area contributed by atoms with Crippen molar-refractivity contribution in [3.05, 3.63) is 48.0 Å². The van der Waals surface area contributed by atoms with Gasteiger partial charge in [0.15, 0.2) is 0 Å². The Kier molecular flexibility index (Phi) is 7.48. The molecule has 1 aromatic rings. The van der Waals surface area contributed by atoms with Gasteiger partial charge in [-0.15, -0.1) is 6.58 Å². The Hall–Kier alpha value is -1.65. The number of piperidine rings is 1. The molecule has 0 radical (unpaired) electrons. The molecule has 0 bridgehead atoms. The number of hydrogen-bond donors (Lipinski definition) is 1. The van der Waals surface area contributed by atoms with E-state index in [1.807, 2.05) is 6.08 Å². The first-order valence-electron chi connectivity index (χ1n) is 10.6. The maximum absolute atomic E-state index is 12.8. The number of amides is 1. The lowest BCUT2D eigenvalue weighted by Gasteiger charge is -2.37. The van der Waals surface area contributed by atoms with Crippen molar-refractivity contribution in [3.8, 4) is 0 Å². The van der Waals surface area contributed by atoms with E-state index in [1.165, 1.54) is 37.1 Å². The molecule has 148 valence electrons. The average molecular weight is 370 g/mol. The average Bonchev–Trinajstić information content (AvgIpc) is 3.21. The molecule has 4 nitrogen and oxygen atoms in total. The second-order valence-electron chi connectivity index (χ2n) is 8.07. The summed E-state index contributed by atoms with van der Waals surface area (Å²) >= 11 is 0. The van der Waals surface area contributed by atoms with E-state index in [4.69, 9.17) is 0 Å². The van der Waals surface area contributed by atoms with Crippen molar-refractivity contribution in [1.82, 2.24) is 15.1 Å². The zero-order chi connectivity index (χ0) is 19.1. The van der Waals surface area contributed by atoms with Gasteiger partial charge >= 0.3 is 0 Å². The predicted molar refractivity (Wildman–Crippen MR) is 112 cm³/mol. The first-order chi connectivity index (χ1) is 13.2. The molecule has 0 aliphatic carbocycles. The molecular formula is C23H35N3O. The van der Waals surface area contributed by atoms with Crippen LogP contribution in [0.25, 0.3) is 0 Å². The van der Waals surface area contributed by atoms with Crippen LogP contribution in [0, 0.1) is 5.92 Å². The third kappa shape index (κ3) is 5.66. The Bertz CT molecular complexity index is 607. The molecule has 2 heterocycles. The fourth-order valence-electron chi connectivity index (χ4n) is 4.47. The van der Waals surface area contributed by atoms with Gasteiger partial charge in [-0.25, -0.2) is 0 Å². The third-order valence-electron chi connectivity index (χ3n) is 6.07. The minimum absolute atomic E-state index is 0.0631. The van der Waals surface area contributed by atoms with Crippen molar-refractivity contribution < 1.29 is 4.79 Å². The summed E-state index contributed by atoms with van der Waals surface area (Å²) in [7, 11) is 0. The summed E-state index contributed by atoms with van der Waals surface area (Å²) in [6, 6.07) is 8.96. The Morgan fingerprint density at radius 3 is 2.59 bits per heavy atom. The van der Waals surface area contributed by atoms with E-state index in [9.17, 15) is 4.79 Å². The van der Waals surface area contributed by atoms with Gasteiger partial charge in [-0.3, -0.25) is 9.69 Å². The van der Waals surface area contributed by atoms with E-state index in [0.29, 0.717) is 5.92 Å². The number of rotatable bonds is 8. The monoisotopic (exact) mass is 369 g/mol. The first kappa shape index (κ1) is 20.1. The van der Waals surface area contributed by atoms with Crippen LogP contribution >= 0.6 is 0 Å². The van der Waals surface area contributed by atoms with Crippen LogP contribution in [-0.2, 0) is 11.2 Å². The number of nitrogens with one attached hydrogen (secondary N) is 1. The van der Waals surface area contributed by atoms with Crippen LogP contribution in [0.2, 0.25) is 0 Å². The van der Waals surface area contributed by atoms with Crippen LogP contribution in [0.15, 0.2) is 36.9 Å². The first-order valence-corrected chi connectivity index (χ1v) is 10.6. The second-order valence-corrected chi connectivity index (χ2v) is 8.07. The van der Waals surface area contributed by atoms with Crippen molar-refractivity contribution in [2.45, 2.75) is 38.5 Å². The van der Waals surface area contributed by atoms with Gasteiger partial charge in [0.1, 0.15) is 0 Å². The summed E-state index contributed by atoms with van der Waals surface area (Å²) in [5.74, 6) is 0.699. The van der Waals surface area contributed by atoms with Crippen LogP contribution < -0.4 is 5.32 Å². The molecule has 2 fully saturated rings. The van der Waals surface area contributed by atoms with Crippen molar-refractivity contribution in [2.24, 2.45) is 5.92 Å². The van der Waals surface area contributed by atoms with Crippen LogP contribution in [0.1, 0.15) is 43.2 Å². The Morgan fingerprint density at radius 1 is 1.19 bits per heavy atom. The van der Waals surface area contributed by atoms with Crippen LogP contribution in [0.5, 0.6) is 0 Å². The highest BCUT2D eigenvalue weighted by Gasteiger charge is 2.31. The Balaban J connectivity index is 1.58. The highest BCUT2D eigenvalue weighted by molar-refractivity contribution is 5.79. The van der Waals surface area contributed by atoms with Gasteiger partial charge in [-0.2, -0.15) is 0 Å². The van der Waals surface area contributed by atoms with Crippen molar-refractivity contribution >= 4 is 5.91 Å².